The highest BCUT2D eigenvalue weighted by Gasteiger charge is 2.13. The maximum absolute atomic E-state index is 11.5. The summed E-state index contributed by atoms with van der Waals surface area (Å²) in [5.41, 5.74) is 0. The van der Waals surface area contributed by atoms with E-state index in [4.69, 9.17) is 0 Å². The van der Waals surface area contributed by atoms with Crippen LogP contribution < -0.4 is 10.6 Å². The smallest absolute Gasteiger partial charge is 0.220 e. The average Bonchev–Trinajstić information content (AvgIpc) is 2.41. The van der Waals surface area contributed by atoms with E-state index >= 15 is 0 Å². The second-order valence-corrected chi connectivity index (χ2v) is 4.97. The molecule has 3 nitrogen and oxygen atoms in total. The molecular weight excluding hydrogens is 188 g/mol. The third-order valence-electron chi connectivity index (χ3n) is 2.83. The Morgan fingerprint density at radius 3 is 3.00 bits per heavy atom. The number of amides is 1. The molecule has 1 aliphatic rings. The number of carbonyl (C=O) groups excluding carboxylic acids is 1. The molecule has 0 saturated carbocycles. The molecule has 1 rings (SSSR count). The van der Waals surface area contributed by atoms with Gasteiger partial charge in [-0.3, -0.25) is 4.79 Å². The summed E-state index contributed by atoms with van der Waals surface area (Å²) >= 11 is 0. The Morgan fingerprint density at radius 2 is 2.27 bits per heavy atom. The van der Waals surface area contributed by atoms with Crippen molar-refractivity contribution in [1.82, 2.24) is 10.6 Å². The van der Waals surface area contributed by atoms with E-state index in [9.17, 15) is 4.79 Å². The van der Waals surface area contributed by atoms with E-state index < -0.39 is 0 Å². The lowest BCUT2D eigenvalue weighted by atomic mass is 10.0. The number of hydrogen-bond donors (Lipinski definition) is 2. The standard InChI is InChI=1S/C12H24N2O/c1-10(2)7-12(15)14-9-11-5-3-4-6-13-8-11/h10-11,13H,3-9H2,1-2H3,(H,14,15). The first-order valence-electron chi connectivity index (χ1n) is 6.16. The summed E-state index contributed by atoms with van der Waals surface area (Å²) in [6.45, 7) is 7.19. The van der Waals surface area contributed by atoms with E-state index in [1.807, 2.05) is 0 Å². The van der Waals surface area contributed by atoms with Crippen LogP contribution in [0.5, 0.6) is 0 Å². The Morgan fingerprint density at radius 1 is 1.47 bits per heavy atom. The van der Waals surface area contributed by atoms with Crippen LogP contribution in [0.3, 0.4) is 0 Å². The van der Waals surface area contributed by atoms with E-state index in [1.54, 1.807) is 0 Å². The molecule has 1 aliphatic heterocycles. The number of nitrogens with one attached hydrogen (secondary N) is 2. The van der Waals surface area contributed by atoms with Crippen LogP contribution in [0.2, 0.25) is 0 Å². The Kier molecular flexibility index (Phi) is 5.69. The lowest BCUT2D eigenvalue weighted by Gasteiger charge is -2.15. The molecule has 1 atom stereocenters. The average molecular weight is 212 g/mol. The lowest BCUT2D eigenvalue weighted by Crippen LogP contribution is -2.33. The van der Waals surface area contributed by atoms with Crippen LogP contribution in [-0.4, -0.2) is 25.5 Å². The first-order valence-corrected chi connectivity index (χ1v) is 6.16. The normalized spacial score (nSPS) is 22.5. The molecule has 0 aliphatic carbocycles. The number of rotatable bonds is 4. The first-order chi connectivity index (χ1) is 7.18. The van der Waals surface area contributed by atoms with Crippen molar-refractivity contribution in [2.75, 3.05) is 19.6 Å². The minimum absolute atomic E-state index is 0.203. The van der Waals surface area contributed by atoms with Gasteiger partial charge in [0.25, 0.3) is 0 Å². The fraction of sp³-hybridized carbons (Fsp3) is 0.917. The van der Waals surface area contributed by atoms with Gasteiger partial charge in [-0.2, -0.15) is 0 Å². The van der Waals surface area contributed by atoms with Crippen molar-refractivity contribution in [2.24, 2.45) is 11.8 Å². The molecule has 1 unspecified atom stereocenters. The van der Waals surface area contributed by atoms with Crippen LogP contribution in [0.15, 0.2) is 0 Å². The molecule has 0 aromatic heterocycles. The summed E-state index contributed by atoms with van der Waals surface area (Å²) in [4.78, 5) is 11.5. The van der Waals surface area contributed by atoms with Gasteiger partial charge in [-0.1, -0.05) is 20.3 Å². The Labute approximate surface area is 93.0 Å². The molecule has 1 saturated heterocycles. The van der Waals surface area contributed by atoms with E-state index in [0.29, 0.717) is 18.3 Å². The van der Waals surface area contributed by atoms with E-state index in [2.05, 4.69) is 24.5 Å². The van der Waals surface area contributed by atoms with Gasteiger partial charge in [0, 0.05) is 13.0 Å². The first kappa shape index (κ1) is 12.5. The maximum atomic E-state index is 11.5. The molecule has 0 aromatic rings. The summed E-state index contributed by atoms with van der Waals surface area (Å²) in [5, 5.41) is 6.44. The molecule has 0 spiro atoms. The quantitative estimate of drug-likeness (QED) is 0.742. The maximum Gasteiger partial charge on any atom is 0.220 e. The second kappa shape index (κ2) is 6.83. The van der Waals surface area contributed by atoms with Crippen molar-refractivity contribution in [3.05, 3.63) is 0 Å². The summed E-state index contributed by atoms with van der Waals surface area (Å²) < 4.78 is 0. The van der Waals surface area contributed by atoms with Gasteiger partial charge in [-0.15, -0.1) is 0 Å². The zero-order valence-electron chi connectivity index (χ0n) is 10.0. The zero-order valence-corrected chi connectivity index (χ0v) is 10.0. The van der Waals surface area contributed by atoms with Crippen molar-refractivity contribution in [3.63, 3.8) is 0 Å². The zero-order chi connectivity index (χ0) is 11.1. The van der Waals surface area contributed by atoms with Crippen molar-refractivity contribution in [1.29, 1.82) is 0 Å². The second-order valence-electron chi connectivity index (χ2n) is 4.97. The highest BCUT2D eigenvalue weighted by molar-refractivity contribution is 5.76. The van der Waals surface area contributed by atoms with Gasteiger partial charge < -0.3 is 10.6 Å². The third kappa shape index (κ3) is 5.78. The van der Waals surface area contributed by atoms with Gasteiger partial charge in [0.1, 0.15) is 0 Å². The van der Waals surface area contributed by atoms with Crippen LogP contribution in [0.1, 0.15) is 39.5 Å². The van der Waals surface area contributed by atoms with E-state index in [0.717, 1.165) is 19.6 Å². The Bertz CT molecular complexity index is 184. The molecule has 88 valence electrons. The van der Waals surface area contributed by atoms with Crippen molar-refractivity contribution < 1.29 is 4.79 Å². The minimum Gasteiger partial charge on any atom is -0.356 e. The topological polar surface area (TPSA) is 41.1 Å². The van der Waals surface area contributed by atoms with Gasteiger partial charge in [0.15, 0.2) is 0 Å². The molecule has 1 amide bonds. The monoisotopic (exact) mass is 212 g/mol. The van der Waals surface area contributed by atoms with Gasteiger partial charge >= 0.3 is 0 Å². The number of hydrogen-bond acceptors (Lipinski definition) is 2. The molecule has 0 radical (unpaired) electrons. The Balaban J connectivity index is 2.14. The van der Waals surface area contributed by atoms with Crippen molar-refractivity contribution >= 4 is 5.91 Å². The predicted octanol–water partition coefficient (Wildman–Crippen LogP) is 1.54. The number of carbonyl (C=O) groups is 1. The van der Waals surface area contributed by atoms with E-state index in [-0.39, 0.29) is 5.91 Å². The molecule has 0 bridgehead atoms. The highest BCUT2D eigenvalue weighted by Crippen LogP contribution is 2.10. The molecular formula is C12H24N2O. The summed E-state index contributed by atoms with van der Waals surface area (Å²) in [6, 6.07) is 0. The third-order valence-corrected chi connectivity index (χ3v) is 2.83. The predicted molar refractivity (Wildman–Crippen MR) is 62.7 cm³/mol. The fourth-order valence-electron chi connectivity index (χ4n) is 1.97. The van der Waals surface area contributed by atoms with Crippen LogP contribution in [0, 0.1) is 11.8 Å². The SMILES string of the molecule is CC(C)CC(=O)NCC1CCCCNC1. The fourth-order valence-corrected chi connectivity index (χ4v) is 1.97. The van der Waals surface area contributed by atoms with Crippen molar-refractivity contribution in [2.45, 2.75) is 39.5 Å². The highest BCUT2D eigenvalue weighted by atomic mass is 16.1. The summed E-state index contributed by atoms with van der Waals surface area (Å²) in [6.07, 6.45) is 4.46. The molecule has 1 heterocycles. The molecule has 15 heavy (non-hydrogen) atoms. The van der Waals surface area contributed by atoms with Crippen LogP contribution in [0.25, 0.3) is 0 Å². The molecule has 2 N–H and O–H groups in total. The summed E-state index contributed by atoms with van der Waals surface area (Å²) in [7, 11) is 0. The molecule has 3 heteroatoms. The Hall–Kier alpha value is -0.570. The van der Waals surface area contributed by atoms with Gasteiger partial charge in [-0.05, 0) is 37.8 Å². The van der Waals surface area contributed by atoms with Gasteiger partial charge in [0.2, 0.25) is 5.91 Å². The van der Waals surface area contributed by atoms with Crippen LogP contribution in [-0.2, 0) is 4.79 Å². The van der Waals surface area contributed by atoms with Crippen LogP contribution in [0.4, 0.5) is 0 Å². The largest absolute Gasteiger partial charge is 0.356 e. The molecule has 0 aromatic carbocycles. The van der Waals surface area contributed by atoms with Gasteiger partial charge in [0.05, 0.1) is 0 Å². The van der Waals surface area contributed by atoms with E-state index in [1.165, 1.54) is 19.3 Å². The lowest BCUT2D eigenvalue weighted by molar-refractivity contribution is -0.121. The van der Waals surface area contributed by atoms with Crippen LogP contribution >= 0.6 is 0 Å². The summed E-state index contributed by atoms with van der Waals surface area (Å²) in [5.74, 6) is 1.29. The molecule has 1 fully saturated rings. The van der Waals surface area contributed by atoms with Crippen molar-refractivity contribution in [3.8, 4) is 0 Å². The van der Waals surface area contributed by atoms with Gasteiger partial charge in [-0.25, -0.2) is 0 Å². The minimum atomic E-state index is 0.203.